The number of carbonyl (C=O) groups is 1. The molecule has 6 heteroatoms. The molecule has 0 bridgehead atoms. The van der Waals surface area contributed by atoms with Crippen LogP contribution in [-0.4, -0.2) is 18.5 Å². The van der Waals surface area contributed by atoms with Gasteiger partial charge in [0.15, 0.2) is 0 Å². The normalized spacial score (nSPS) is 20.2. The van der Waals surface area contributed by atoms with Crippen molar-refractivity contribution in [1.82, 2.24) is 5.32 Å². The Labute approximate surface area is 142 Å². The van der Waals surface area contributed by atoms with Crippen LogP contribution in [0.2, 0.25) is 5.02 Å². The van der Waals surface area contributed by atoms with Crippen molar-refractivity contribution in [3.8, 4) is 0 Å². The number of carbonyl (C=O) groups excluding carboxylic acids is 1. The summed E-state index contributed by atoms with van der Waals surface area (Å²) in [6.45, 7) is 4.26. The lowest BCUT2D eigenvalue weighted by atomic mass is 9.81. The highest BCUT2D eigenvalue weighted by Gasteiger charge is 2.45. The average Bonchev–Trinajstić information content (AvgIpc) is 3.20. The molecule has 1 fully saturated rings. The minimum atomic E-state index is -0.522. The van der Waals surface area contributed by atoms with E-state index in [1.807, 2.05) is 13.8 Å². The van der Waals surface area contributed by atoms with Crippen molar-refractivity contribution in [2.45, 2.75) is 45.1 Å². The molecule has 1 aromatic rings. The van der Waals surface area contributed by atoms with E-state index in [0.717, 1.165) is 6.42 Å². The summed E-state index contributed by atoms with van der Waals surface area (Å²) in [5.74, 6) is -0.373. The van der Waals surface area contributed by atoms with Gasteiger partial charge in [-0.25, -0.2) is 4.39 Å². The van der Waals surface area contributed by atoms with Gasteiger partial charge in [-0.1, -0.05) is 31.5 Å². The molecule has 2 rings (SSSR count). The maximum Gasteiger partial charge on any atom is 0.227 e. The minimum Gasteiger partial charge on any atom is -0.352 e. The fourth-order valence-electron chi connectivity index (χ4n) is 2.81. The average molecular weight is 349 g/mol. The highest BCUT2D eigenvalue weighted by Crippen LogP contribution is 2.45. The SMILES string of the molecule is CCC(CC)(CN)C(=O)NC1CC1c1c(F)cccc1Cl.Cl. The number of hydrogen-bond acceptors (Lipinski definition) is 2. The lowest BCUT2D eigenvalue weighted by Gasteiger charge is -2.28. The van der Waals surface area contributed by atoms with Crippen LogP contribution in [0.25, 0.3) is 0 Å². The van der Waals surface area contributed by atoms with Crippen molar-refractivity contribution < 1.29 is 9.18 Å². The lowest BCUT2D eigenvalue weighted by Crippen LogP contribution is -2.46. The molecule has 0 spiro atoms. The van der Waals surface area contributed by atoms with Gasteiger partial charge in [0.05, 0.1) is 5.41 Å². The third kappa shape index (κ3) is 3.55. The second kappa shape index (κ2) is 7.62. The van der Waals surface area contributed by atoms with Gasteiger partial charge in [0, 0.05) is 29.1 Å². The molecular weight excluding hydrogens is 326 g/mol. The molecular formula is C16H23Cl2FN2O. The Morgan fingerprint density at radius 3 is 2.59 bits per heavy atom. The molecule has 1 aromatic carbocycles. The highest BCUT2D eigenvalue weighted by molar-refractivity contribution is 6.31. The number of halogens is 3. The summed E-state index contributed by atoms with van der Waals surface area (Å²) in [5, 5.41) is 3.43. The van der Waals surface area contributed by atoms with Gasteiger partial charge in [0.1, 0.15) is 5.82 Å². The van der Waals surface area contributed by atoms with Gasteiger partial charge >= 0.3 is 0 Å². The number of rotatable bonds is 6. The standard InChI is InChI=1S/C16H22ClFN2O.ClH/c1-3-16(4-2,9-19)15(21)20-13-8-10(13)14-11(17)6-5-7-12(14)18;/h5-7,10,13H,3-4,8-9,19H2,1-2H3,(H,20,21);1H. The molecule has 2 atom stereocenters. The third-order valence-corrected chi connectivity index (χ3v) is 5.03. The van der Waals surface area contributed by atoms with Gasteiger partial charge in [-0.3, -0.25) is 4.79 Å². The Morgan fingerprint density at radius 1 is 1.45 bits per heavy atom. The van der Waals surface area contributed by atoms with Gasteiger partial charge < -0.3 is 11.1 Å². The first-order valence-corrected chi connectivity index (χ1v) is 7.81. The van der Waals surface area contributed by atoms with E-state index >= 15 is 0 Å². The smallest absolute Gasteiger partial charge is 0.227 e. The summed E-state index contributed by atoms with van der Waals surface area (Å²) in [5.41, 5.74) is 5.77. The van der Waals surface area contributed by atoms with Crippen molar-refractivity contribution in [3.63, 3.8) is 0 Å². The van der Waals surface area contributed by atoms with Gasteiger partial charge in [0.2, 0.25) is 5.91 Å². The first kappa shape index (κ1) is 19.2. The zero-order valence-corrected chi connectivity index (χ0v) is 14.4. The topological polar surface area (TPSA) is 55.1 Å². The largest absolute Gasteiger partial charge is 0.352 e. The van der Waals surface area contributed by atoms with E-state index in [1.165, 1.54) is 6.07 Å². The third-order valence-electron chi connectivity index (χ3n) is 4.70. The number of benzene rings is 1. The molecule has 0 aliphatic heterocycles. The van der Waals surface area contributed by atoms with Crippen LogP contribution >= 0.6 is 24.0 Å². The highest BCUT2D eigenvalue weighted by atomic mass is 35.5. The van der Waals surface area contributed by atoms with Crippen LogP contribution in [0.1, 0.15) is 44.6 Å². The van der Waals surface area contributed by atoms with Crippen LogP contribution in [0.4, 0.5) is 4.39 Å². The maximum atomic E-state index is 13.9. The van der Waals surface area contributed by atoms with Crippen molar-refractivity contribution in [3.05, 3.63) is 34.6 Å². The molecule has 3 nitrogen and oxygen atoms in total. The van der Waals surface area contributed by atoms with E-state index in [1.54, 1.807) is 12.1 Å². The van der Waals surface area contributed by atoms with Crippen LogP contribution < -0.4 is 11.1 Å². The quantitative estimate of drug-likeness (QED) is 0.824. The first-order chi connectivity index (χ1) is 9.99. The van der Waals surface area contributed by atoms with Crippen molar-refractivity contribution in [2.75, 3.05) is 6.54 Å². The van der Waals surface area contributed by atoms with Gasteiger partial charge in [0.25, 0.3) is 0 Å². The molecule has 22 heavy (non-hydrogen) atoms. The summed E-state index contributed by atoms with van der Waals surface area (Å²) in [6.07, 6.45) is 2.12. The lowest BCUT2D eigenvalue weighted by molar-refractivity contribution is -0.131. The molecule has 1 aliphatic rings. The number of amides is 1. The van der Waals surface area contributed by atoms with Crippen molar-refractivity contribution in [2.24, 2.45) is 11.1 Å². The van der Waals surface area contributed by atoms with E-state index in [9.17, 15) is 9.18 Å². The van der Waals surface area contributed by atoms with E-state index < -0.39 is 5.41 Å². The number of nitrogens with one attached hydrogen (secondary N) is 1. The van der Waals surface area contributed by atoms with E-state index in [4.69, 9.17) is 17.3 Å². The Kier molecular flexibility index (Phi) is 6.65. The van der Waals surface area contributed by atoms with Crippen LogP contribution in [0.15, 0.2) is 18.2 Å². The monoisotopic (exact) mass is 348 g/mol. The number of nitrogens with two attached hydrogens (primary N) is 1. The Hall–Kier alpha value is -0.840. The zero-order chi connectivity index (χ0) is 15.6. The van der Waals surface area contributed by atoms with Gasteiger partial charge in [-0.15, -0.1) is 12.4 Å². The minimum absolute atomic E-state index is 0. The van der Waals surface area contributed by atoms with Crippen LogP contribution in [0, 0.1) is 11.2 Å². The van der Waals surface area contributed by atoms with Crippen LogP contribution in [0.3, 0.4) is 0 Å². The summed E-state index contributed by atoms with van der Waals surface area (Å²) in [4.78, 5) is 12.4. The molecule has 3 N–H and O–H groups in total. The second-order valence-electron chi connectivity index (χ2n) is 5.75. The van der Waals surface area contributed by atoms with Crippen LogP contribution in [0.5, 0.6) is 0 Å². The van der Waals surface area contributed by atoms with E-state index in [2.05, 4.69) is 5.32 Å². The van der Waals surface area contributed by atoms with E-state index in [0.29, 0.717) is 30.0 Å². The Balaban J connectivity index is 0.00000242. The second-order valence-corrected chi connectivity index (χ2v) is 6.16. The molecule has 1 saturated carbocycles. The molecule has 0 aromatic heterocycles. The molecule has 1 amide bonds. The predicted octanol–water partition coefficient (Wildman–Crippen LogP) is 3.64. The number of hydrogen-bond donors (Lipinski definition) is 2. The Morgan fingerprint density at radius 2 is 2.09 bits per heavy atom. The molecule has 0 heterocycles. The van der Waals surface area contributed by atoms with Crippen LogP contribution in [-0.2, 0) is 4.79 Å². The van der Waals surface area contributed by atoms with Gasteiger partial charge in [-0.05, 0) is 31.4 Å². The van der Waals surface area contributed by atoms with Crippen molar-refractivity contribution in [1.29, 1.82) is 0 Å². The van der Waals surface area contributed by atoms with E-state index in [-0.39, 0.29) is 36.1 Å². The summed E-state index contributed by atoms with van der Waals surface area (Å²) in [7, 11) is 0. The molecule has 1 aliphatic carbocycles. The summed E-state index contributed by atoms with van der Waals surface area (Å²) >= 11 is 6.07. The maximum absolute atomic E-state index is 13.9. The predicted molar refractivity (Wildman–Crippen MR) is 90.0 cm³/mol. The summed E-state index contributed by atoms with van der Waals surface area (Å²) < 4.78 is 13.9. The fraction of sp³-hybridized carbons (Fsp3) is 0.562. The van der Waals surface area contributed by atoms with Crippen molar-refractivity contribution >= 4 is 29.9 Å². The Bertz CT molecular complexity index is 506. The first-order valence-electron chi connectivity index (χ1n) is 7.44. The zero-order valence-electron chi connectivity index (χ0n) is 12.9. The molecule has 0 saturated heterocycles. The molecule has 0 radical (unpaired) electrons. The molecule has 124 valence electrons. The summed E-state index contributed by atoms with van der Waals surface area (Å²) in [6, 6.07) is 4.63. The van der Waals surface area contributed by atoms with Gasteiger partial charge in [-0.2, -0.15) is 0 Å². The molecule has 2 unspecified atom stereocenters. The fourth-order valence-corrected chi connectivity index (χ4v) is 3.12.